The Morgan fingerprint density at radius 3 is 2.47 bits per heavy atom. The van der Waals surface area contributed by atoms with Crippen LogP contribution in [0, 0.1) is 5.92 Å². The number of ether oxygens (including phenoxy) is 1. The maximum Gasteiger partial charge on any atom is 0.245 e. The number of rotatable bonds is 7. The van der Waals surface area contributed by atoms with Gasteiger partial charge >= 0.3 is 0 Å². The van der Waals surface area contributed by atoms with E-state index in [4.69, 9.17) is 4.74 Å². The van der Waals surface area contributed by atoms with Crippen LogP contribution in [0.25, 0.3) is 0 Å². The molecule has 170 valence electrons. The molecule has 2 fully saturated rings. The third kappa shape index (κ3) is 4.49. The number of nitrogens with one attached hydrogen (secondary N) is 1. The number of carbonyl (C=O) groups is 2. The Labute approximate surface area is 188 Å². The van der Waals surface area contributed by atoms with Crippen molar-refractivity contribution < 1.29 is 22.7 Å². The number of nitrogens with zero attached hydrogens (tertiary/aromatic N) is 2. The highest BCUT2D eigenvalue weighted by Gasteiger charge is 2.36. The van der Waals surface area contributed by atoms with Gasteiger partial charge in [0.15, 0.2) is 0 Å². The van der Waals surface area contributed by atoms with E-state index < -0.39 is 15.9 Å². The Kier molecular flexibility index (Phi) is 6.48. The van der Waals surface area contributed by atoms with Crippen LogP contribution in [0.15, 0.2) is 53.4 Å². The Balaban J connectivity index is 1.48. The fraction of sp³-hybridized carbons (Fsp3) is 0.391. The molecule has 9 heteroatoms. The predicted octanol–water partition coefficient (Wildman–Crippen LogP) is 2.86. The van der Waals surface area contributed by atoms with Gasteiger partial charge in [-0.1, -0.05) is 12.1 Å². The quantitative estimate of drug-likeness (QED) is 0.690. The van der Waals surface area contributed by atoms with Crippen molar-refractivity contribution in [2.75, 3.05) is 36.5 Å². The van der Waals surface area contributed by atoms with Crippen molar-refractivity contribution >= 4 is 33.2 Å². The third-order valence-electron chi connectivity index (χ3n) is 5.78. The van der Waals surface area contributed by atoms with Crippen LogP contribution in [-0.2, 0) is 19.6 Å². The van der Waals surface area contributed by atoms with Crippen LogP contribution < -0.4 is 15.0 Å². The number of para-hydroxylation sites is 1. The number of sulfonamides is 1. The van der Waals surface area contributed by atoms with E-state index in [0.717, 1.165) is 12.8 Å². The molecule has 0 aliphatic carbocycles. The Morgan fingerprint density at radius 1 is 1.09 bits per heavy atom. The minimum Gasteiger partial charge on any atom is -0.494 e. The molecule has 0 bridgehead atoms. The zero-order valence-corrected chi connectivity index (χ0v) is 18.8. The molecule has 2 heterocycles. The zero-order chi connectivity index (χ0) is 22.7. The second-order valence-electron chi connectivity index (χ2n) is 7.93. The van der Waals surface area contributed by atoms with Gasteiger partial charge < -0.3 is 15.0 Å². The Bertz CT molecular complexity index is 1090. The number of carbonyl (C=O) groups excluding carboxylic acids is 2. The average molecular weight is 458 g/mol. The second-order valence-corrected chi connectivity index (χ2v) is 9.84. The highest BCUT2D eigenvalue weighted by Crippen LogP contribution is 2.30. The summed E-state index contributed by atoms with van der Waals surface area (Å²) in [6.45, 7) is 3.66. The smallest absolute Gasteiger partial charge is 0.245 e. The van der Waals surface area contributed by atoms with Crippen LogP contribution in [-0.4, -0.2) is 50.8 Å². The van der Waals surface area contributed by atoms with E-state index in [2.05, 4.69) is 5.32 Å². The van der Waals surface area contributed by atoms with E-state index in [1.54, 1.807) is 47.4 Å². The molecular formula is C23H27N3O5S. The van der Waals surface area contributed by atoms with Gasteiger partial charge in [-0.25, -0.2) is 8.42 Å². The summed E-state index contributed by atoms with van der Waals surface area (Å²) >= 11 is 0. The fourth-order valence-corrected chi connectivity index (χ4v) is 5.78. The van der Waals surface area contributed by atoms with E-state index >= 15 is 0 Å². The summed E-state index contributed by atoms with van der Waals surface area (Å²) in [6.07, 6.45) is 1.73. The summed E-state index contributed by atoms with van der Waals surface area (Å²) in [4.78, 5) is 27.2. The molecular weight excluding hydrogens is 430 g/mol. The molecule has 0 spiro atoms. The van der Waals surface area contributed by atoms with Gasteiger partial charge in [0.05, 0.1) is 18.2 Å². The van der Waals surface area contributed by atoms with E-state index in [9.17, 15) is 18.0 Å². The van der Waals surface area contributed by atoms with Gasteiger partial charge in [0, 0.05) is 31.7 Å². The molecule has 0 unspecified atom stereocenters. The maximum absolute atomic E-state index is 13.0. The van der Waals surface area contributed by atoms with E-state index in [-0.39, 0.29) is 35.4 Å². The van der Waals surface area contributed by atoms with Crippen molar-refractivity contribution in [2.45, 2.75) is 31.1 Å². The Morgan fingerprint density at radius 2 is 1.78 bits per heavy atom. The van der Waals surface area contributed by atoms with Crippen LogP contribution in [0.3, 0.4) is 0 Å². The number of hydrogen-bond donors (Lipinski definition) is 1. The minimum absolute atomic E-state index is 0.0695. The van der Waals surface area contributed by atoms with Gasteiger partial charge in [-0.05, 0) is 56.2 Å². The van der Waals surface area contributed by atoms with Crippen molar-refractivity contribution in [2.24, 2.45) is 5.92 Å². The molecule has 0 saturated carbocycles. The summed E-state index contributed by atoms with van der Waals surface area (Å²) in [6, 6.07) is 13.6. The molecule has 2 aliphatic heterocycles. The monoisotopic (exact) mass is 457 g/mol. The Hall–Kier alpha value is -2.91. The first-order valence-corrected chi connectivity index (χ1v) is 12.3. The summed E-state index contributed by atoms with van der Waals surface area (Å²) < 4.78 is 32.9. The predicted molar refractivity (Wildman–Crippen MR) is 121 cm³/mol. The molecule has 1 atom stereocenters. The van der Waals surface area contributed by atoms with Gasteiger partial charge in [0.2, 0.25) is 21.8 Å². The molecule has 0 radical (unpaired) electrons. The zero-order valence-electron chi connectivity index (χ0n) is 18.0. The molecule has 1 N–H and O–H groups in total. The van der Waals surface area contributed by atoms with Gasteiger partial charge in [-0.15, -0.1) is 0 Å². The standard InChI is InChI=1S/C23H27N3O5S/c1-2-31-19-11-9-18(10-12-19)26-16-17(15-22(26)27)23(28)24-20-7-3-4-8-21(20)32(29,30)25-13-5-6-14-25/h3-4,7-12,17H,2,5-6,13-16H2,1H3,(H,24,28)/t17-/m1/s1. The van der Waals surface area contributed by atoms with Gasteiger partial charge in [-0.2, -0.15) is 4.31 Å². The van der Waals surface area contributed by atoms with Gasteiger partial charge in [0.25, 0.3) is 0 Å². The largest absolute Gasteiger partial charge is 0.494 e. The van der Waals surface area contributed by atoms with Crippen molar-refractivity contribution in [1.29, 1.82) is 0 Å². The number of hydrogen-bond acceptors (Lipinski definition) is 5. The summed E-state index contributed by atoms with van der Waals surface area (Å²) in [5.41, 5.74) is 0.946. The SMILES string of the molecule is CCOc1ccc(N2C[C@H](C(=O)Nc3ccccc3S(=O)(=O)N3CCCC3)CC2=O)cc1. The first-order valence-electron chi connectivity index (χ1n) is 10.8. The van der Waals surface area contributed by atoms with Crippen molar-refractivity contribution in [3.8, 4) is 5.75 Å². The topological polar surface area (TPSA) is 96.0 Å². The lowest BCUT2D eigenvalue weighted by molar-refractivity contribution is -0.122. The molecule has 2 amide bonds. The highest BCUT2D eigenvalue weighted by atomic mass is 32.2. The number of amides is 2. The maximum atomic E-state index is 13.0. The van der Waals surface area contributed by atoms with Crippen molar-refractivity contribution in [3.63, 3.8) is 0 Å². The van der Waals surface area contributed by atoms with E-state index in [0.29, 0.717) is 31.1 Å². The number of anilines is 2. The van der Waals surface area contributed by atoms with E-state index in [1.165, 1.54) is 10.4 Å². The first kappa shape index (κ1) is 22.3. The molecule has 8 nitrogen and oxygen atoms in total. The van der Waals surface area contributed by atoms with Crippen LogP contribution in [0.4, 0.5) is 11.4 Å². The van der Waals surface area contributed by atoms with E-state index in [1.807, 2.05) is 6.92 Å². The van der Waals surface area contributed by atoms with Crippen LogP contribution >= 0.6 is 0 Å². The first-order chi connectivity index (χ1) is 15.4. The van der Waals surface area contributed by atoms with Gasteiger partial charge in [-0.3, -0.25) is 9.59 Å². The molecule has 2 aromatic carbocycles. The fourth-order valence-electron chi connectivity index (χ4n) is 4.12. The van der Waals surface area contributed by atoms with Crippen molar-refractivity contribution in [3.05, 3.63) is 48.5 Å². The van der Waals surface area contributed by atoms with Crippen LogP contribution in [0.2, 0.25) is 0 Å². The molecule has 2 aromatic rings. The highest BCUT2D eigenvalue weighted by molar-refractivity contribution is 7.89. The lowest BCUT2D eigenvalue weighted by Crippen LogP contribution is -2.30. The second kappa shape index (κ2) is 9.30. The normalized spacial score (nSPS) is 19.3. The molecule has 32 heavy (non-hydrogen) atoms. The third-order valence-corrected chi connectivity index (χ3v) is 7.74. The molecule has 2 saturated heterocycles. The lowest BCUT2D eigenvalue weighted by Gasteiger charge is -2.19. The molecule has 0 aromatic heterocycles. The van der Waals surface area contributed by atoms with Gasteiger partial charge in [0.1, 0.15) is 10.6 Å². The number of benzene rings is 2. The molecule has 4 rings (SSSR count). The average Bonchev–Trinajstić information content (AvgIpc) is 3.46. The molecule has 2 aliphatic rings. The van der Waals surface area contributed by atoms with Crippen LogP contribution in [0.1, 0.15) is 26.2 Å². The minimum atomic E-state index is -3.68. The summed E-state index contributed by atoms with van der Waals surface area (Å²) in [7, 11) is -3.68. The lowest BCUT2D eigenvalue weighted by atomic mass is 10.1. The summed E-state index contributed by atoms with van der Waals surface area (Å²) in [5.74, 6) is -0.368. The van der Waals surface area contributed by atoms with Crippen molar-refractivity contribution in [1.82, 2.24) is 4.31 Å². The summed E-state index contributed by atoms with van der Waals surface area (Å²) in [5, 5.41) is 2.76. The van der Waals surface area contributed by atoms with Crippen LogP contribution in [0.5, 0.6) is 5.75 Å².